The Labute approximate surface area is 260 Å². The van der Waals surface area contributed by atoms with Crippen LogP contribution in [0, 0.1) is 0 Å². The fourth-order valence-corrected chi connectivity index (χ4v) is 7.07. The predicted octanol–water partition coefficient (Wildman–Crippen LogP) is 3.15. The van der Waals surface area contributed by atoms with Crippen LogP contribution < -0.4 is 9.44 Å². The van der Waals surface area contributed by atoms with E-state index in [2.05, 4.69) is 45.6 Å². The fourth-order valence-electron chi connectivity index (χ4n) is 4.87. The van der Waals surface area contributed by atoms with E-state index in [-0.39, 0.29) is 45.1 Å². The molecule has 2 aromatic rings. The Hall–Kier alpha value is -3.52. The van der Waals surface area contributed by atoms with Crippen molar-refractivity contribution in [2.75, 3.05) is 52.4 Å². The average molecular weight is 641 g/mol. The van der Waals surface area contributed by atoms with E-state index in [4.69, 9.17) is 0 Å². The first-order chi connectivity index (χ1) is 21.0. The summed E-state index contributed by atoms with van der Waals surface area (Å²) in [5, 5.41) is 0. The van der Waals surface area contributed by atoms with Gasteiger partial charge in [-0.25, -0.2) is 26.3 Å². The van der Waals surface area contributed by atoms with Crippen LogP contribution in [0.25, 0.3) is 0 Å². The van der Waals surface area contributed by atoms with Crippen LogP contribution in [-0.4, -0.2) is 90.6 Å². The van der Waals surface area contributed by atoms with Crippen LogP contribution >= 0.6 is 0 Å². The lowest BCUT2D eigenvalue weighted by Crippen LogP contribution is -2.31. The molecule has 2 aromatic carbocycles. The summed E-state index contributed by atoms with van der Waals surface area (Å²) in [5.41, 5.74) is -0.0762. The van der Waals surface area contributed by atoms with E-state index in [1.807, 2.05) is 0 Å². The second-order valence-corrected chi connectivity index (χ2v) is 13.8. The molecular formula is C32H40N4O6S2. The largest absolute Gasteiger partial charge is 0.296 e. The summed E-state index contributed by atoms with van der Waals surface area (Å²) in [6.45, 7) is 19.1. The van der Waals surface area contributed by atoms with E-state index in [1.165, 1.54) is 36.4 Å². The molecule has 236 valence electrons. The molecule has 0 aromatic heterocycles. The van der Waals surface area contributed by atoms with E-state index in [0.717, 1.165) is 0 Å². The first-order valence-electron chi connectivity index (χ1n) is 14.2. The third kappa shape index (κ3) is 8.78. The molecule has 0 aliphatic heterocycles. The molecule has 0 fully saturated rings. The number of hydrogen-bond donors (Lipinski definition) is 2. The number of carbonyl (C=O) groups excluding carboxylic acids is 2. The number of rotatable bonds is 20. The second kappa shape index (κ2) is 16.0. The molecule has 0 saturated heterocycles. The van der Waals surface area contributed by atoms with Gasteiger partial charge >= 0.3 is 0 Å². The van der Waals surface area contributed by atoms with Crippen LogP contribution in [-0.2, 0) is 20.0 Å². The fraction of sp³-hybridized carbons (Fsp3) is 0.312. The summed E-state index contributed by atoms with van der Waals surface area (Å²) >= 11 is 0. The molecule has 2 N–H and O–H groups in total. The van der Waals surface area contributed by atoms with Gasteiger partial charge in [-0.2, -0.15) is 0 Å². The summed E-state index contributed by atoms with van der Waals surface area (Å²) in [6.07, 6.45) is 8.14. The molecule has 3 rings (SSSR count). The number of hydrogen-bond acceptors (Lipinski definition) is 8. The van der Waals surface area contributed by atoms with Crippen molar-refractivity contribution < 1.29 is 26.4 Å². The molecule has 0 spiro atoms. The van der Waals surface area contributed by atoms with E-state index in [0.29, 0.717) is 52.1 Å². The molecule has 0 atom stereocenters. The van der Waals surface area contributed by atoms with Gasteiger partial charge in [-0.1, -0.05) is 24.3 Å². The van der Waals surface area contributed by atoms with Crippen molar-refractivity contribution in [3.05, 3.63) is 109 Å². The minimum Gasteiger partial charge on any atom is -0.296 e. The standard InChI is InChI=1S/C32H40N4O6S2/c1-5-17-35(18-6-2)21-9-15-33-43(39,40)25-11-13-27-29(23-25)31(37)28-14-12-26(24-30(28)32(27)38)44(41,42)34-16-10-22-36(19-7-3)20-8-4/h5-8,11-14,23-24,33-34H,1-4,9-10,15-22H2. The number of benzene rings is 2. The zero-order valence-electron chi connectivity index (χ0n) is 24.8. The highest BCUT2D eigenvalue weighted by atomic mass is 32.2. The van der Waals surface area contributed by atoms with Gasteiger partial charge in [-0.15, -0.1) is 26.3 Å². The number of nitrogens with one attached hydrogen (secondary N) is 2. The van der Waals surface area contributed by atoms with Crippen LogP contribution in [0.2, 0.25) is 0 Å². The van der Waals surface area contributed by atoms with Gasteiger partial charge in [0.1, 0.15) is 0 Å². The summed E-state index contributed by atoms with van der Waals surface area (Å²) in [7, 11) is -7.91. The minimum atomic E-state index is -3.96. The van der Waals surface area contributed by atoms with Gasteiger partial charge in [0.2, 0.25) is 20.0 Å². The lowest BCUT2D eigenvalue weighted by molar-refractivity contribution is 0.0978. The Morgan fingerprint density at radius 2 is 0.909 bits per heavy atom. The lowest BCUT2D eigenvalue weighted by Gasteiger charge is -2.20. The summed E-state index contributed by atoms with van der Waals surface area (Å²) in [5.74, 6) is -1.12. The molecule has 0 bridgehead atoms. The van der Waals surface area contributed by atoms with Crippen LogP contribution in [0.3, 0.4) is 0 Å². The highest BCUT2D eigenvalue weighted by molar-refractivity contribution is 7.89. The first kappa shape index (κ1) is 35.0. The number of carbonyl (C=O) groups is 2. The van der Waals surface area contributed by atoms with Gasteiger partial charge in [0.25, 0.3) is 0 Å². The third-order valence-corrected chi connectivity index (χ3v) is 9.93. The van der Waals surface area contributed by atoms with Gasteiger partial charge in [0, 0.05) is 74.6 Å². The minimum absolute atomic E-state index is 0.0120. The molecular weight excluding hydrogens is 601 g/mol. The van der Waals surface area contributed by atoms with E-state index < -0.39 is 31.6 Å². The Morgan fingerprint density at radius 3 is 1.23 bits per heavy atom. The number of fused-ring (bicyclic) bond motifs is 2. The van der Waals surface area contributed by atoms with Crippen molar-refractivity contribution in [2.45, 2.75) is 22.6 Å². The average Bonchev–Trinajstić information content (AvgIpc) is 3.00. The molecule has 0 radical (unpaired) electrons. The topological polar surface area (TPSA) is 133 Å². The van der Waals surface area contributed by atoms with E-state index in [1.54, 1.807) is 24.3 Å². The van der Waals surface area contributed by atoms with Gasteiger partial charge in [0.15, 0.2) is 11.6 Å². The maximum absolute atomic E-state index is 13.4. The Morgan fingerprint density at radius 1 is 0.568 bits per heavy atom. The van der Waals surface area contributed by atoms with Gasteiger partial charge in [-0.05, 0) is 49.2 Å². The van der Waals surface area contributed by atoms with Crippen molar-refractivity contribution in [3.63, 3.8) is 0 Å². The maximum atomic E-state index is 13.4. The van der Waals surface area contributed by atoms with Gasteiger partial charge in [-0.3, -0.25) is 19.4 Å². The molecule has 0 unspecified atom stereocenters. The van der Waals surface area contributed by atoms with Crippen molar-refractivity contribution in [1.82, 2.24) is 19.2 Å². The molecule has 0 saturated carbocycles. The Balaban J connectivity index is 1.71. The second-order valence-electron chi connectivity index (χ2n) is 10.2. The van der Waals surface area contributed by atoms with E-state index in [9.17, 15) is 26.4 Å². The Kier molecular flexibility index (Phi) is 12.7. The van der Waals surface area contributed by atoms with Crippen molar-refractivity contribution in [1.29, 1.82) is 0 Å². The van der Waals surface area contributed by atoms with Crippen LogP contribution in [0.5, 0.6) is 0 Å². The normalized spacial score (nSPS) is 13.0. The van der Waals surface area contributed by atoms with Crippen molar-refractivity contribution >= 4 is 31.6 Å². The monoisotopic (exact) mass is 640 g/mol. The molecule has 1 aliphatic rings. The maximum Gasteiger partial charge on any atom is 0.240 e. The molecule has 10 nitrogen and oxygen atoms in total. The van der Waals surface area contributed by atoms with Crippen LogP contribution in [0.4, 0.5) is 0 Å². The summed E-state index contributed by atoms with van der Waals surface area (Å²) in [4.78, 5) is 30.6. The number of sulfonamides is 2. The Bertz CT molecular complexity index is 1490. The molecule has 12 heteroatoms. The zero-order chi connectivity index (χ0) is 32.3. The third-order valence-electron chi connectivity index (χ3n) is 7.02. The lowest BCUT2D eigenvalue weighted by atomic mass is 9.84. The first-order valence-corrected chi connectivity index (χ1v) is 17.2. The van der Waals surface area contributed by atoms with Crippen molar-refractivity contribution in [3.8, 4) is 0 Å². The highest BCUT2D eigenvalue weighted by Crippen LogP contribution is 2.30. The smallest absolute Gasteiger partial charge is 0.240 e. The van der Waals surface area contributed by atoms with Crippen LogP contribution in [0.1, 0.15) is 44.7 Å². The molecule has 0 heterocycles. The van der Waals surface area contributed by atoms with Crippen molar-refractivity contribution in [2.24, 2.45) is 0 Å². The molecule has 1 aliphatic carbocycles. The quantitative estimate of drug-likeness (QED) is 0.142. The summed E-state index contributed by atoms with van der Waals surface area (Å²) < 4.78 is 57.0. The summed E-state index contributed by atoms with van der Waals surface area (Å²) in [6, 6.07) is 7.50. The highest BCUT2D eigenvalue weighted by Gasteiger charge is 2.32. The molecule has 44 heavy (non-hydrogen) atoms. The van der Waals surface area contributed by atoms with Crippen LogP contribution in [0.15, 0.2) is 96.8 Å². The SMILES string of the molecule is C=CCN(CC=C)CCCNS(=O)(=O)c1ccc2c(c1)C(=O)c1ccc(S(=O)(=O)NCCCN(CC=C)CC=C)cc1C2=O. The number of ketones is 2. The van der Waals surface area contributed by atoms with E-state index >= 15 is 0 Å². The van der Waals surface area contributed by atoms with Gasteiger partial charge in [0.05, 0.1) is 9.79 Å². The predicted molar refractivity (Wildman–Crippen MR) is 173 cm³/mol. The number of nitrogens with zero attached hydrogens (tertiary/aromatic N) is 2. The zero-order valence-corrected chi connectivity index (χ0v) is 26.5. The molecule has 0 amide bonds. The van der Waals surface area contributed by atoms with Gasteiger partial charge < -0.3 is 0 Å².